The lowest BCUT2D eigenvalue weighted by molar-refractivity contribution is 0.485. The van der Waals surface area contributed by atoms with E-state index in [1.165, 1.54) is 5.56 Å². The van der Waals surface area contributed by atoms with Crippen molar-refractivity contribution in [3.05, 3.63) is 60.1 Å². The van der Waals surface area contributed by atoms with Crippen molar-refractivity contribution in [2.24, 2.45) is 4.99 Å². The fraction of sp³-hybridized carbons (Fsp3) is 0.350. The van der Waals surface area contributed by atoms with Gasteiger partial charge in [0.05, 0.1) is 6.26 Å². The minimum absolute atomic E-state index is 0. The highest BCUT2D eigenvalue weighted by molar-refractivity contribution is 14.0. The SMILES string of the molecule is CCNC(=NCc1nc(-c2ccco2)n[nH]1)N1CCC(c2ccccc2)C1.I. The molecule has 1 aromatic carbocycles. The van der Waals surface area contributed by atoms with E-state index in [0.29, 0.717) is 24.0 Å². The molecular formula is C20H25IN6O. The van der Waals surface area contributed by atoms with Gasteiger partial charge in [0.15, 0.2) is 11.7 Å². The van der Waals surface area contributed by atoms with Crippen LogP contribution in [-0.2, 0) is 6.54 Å². The molecule has 0 spiro atoms. The zero-order chi connectivity index (χ0) is 18.5. The minimum Gasteiger partial charge on any atom is -0.461 e. The predicted molar refractivity (Wildman–Crippen MR) is 120 cm³/mol. The first-order chi connectivity index (χ1) is 13.3. The number of halogens is 1. The van der Waals surface area contributed by atoms with Crippen molar-refractivity contribution in [3.63, 3.8) is 0 Å². The molecule has 7 nitrogen and oxygen atoms in total. The number of aromatic nitrogens is 3. The maximum Gasteiger partial charge on any atom is 0.216 e. The third-order valence-corrected chi connectivity index (χ3v) is 4.75. The van der Waals surface area contributed by atoms with Crippen LogP contribution in [0.15, 0.2) is 58.1 Å². The van der Waals surface area contributed by atoms with Crippen LogP contribution < -0.4 is 5.32 Å². The summed E-state index contributed by atoms with van der Waals surface area (Å²) in [5.74, 6) is 3.40. The highest BCUT2D eigenvalue weighted by Crippen LogP contribution is 2.27. The molecule has 2 aromatic heterocycles. The quantitative estimate of drug-likeness (QED) is 0.323. The second-order valence-corrected chi connectivity index (χ2v) is 6.60. The van der Waals surface area contributed by atoms with Gasteiger partial charge in [0.2, 0.25) is 5.82 Å². The summed E-state index contributed by atoms with van der Waals surface area (Å²) in [5.41, 5.74) is 1.40. The van der Waals surface area contributed by atoms with Crippen molar-refractivity contribution in [2.45, 2.75) is 25.8 Å². The first kappa shape index (κ1) is 20.4. The normalized spacial score (nSPS) is 16.8. The molecule has 3 aromatic rings. The number of benzene rings is 1. The Morgan fingerprint density at radius 1 is 1.29 bits per heavy atom. The number of nitrogens with zero attached hydrogens (tertiary/aromatic N) is 4. The molecule has 0 saturated carbocycles. The van der Waals surface area contributed by atoms with Crippen molar-refractivity contribution in [1.82, 2.24) is 25.4 Å². The molecule has 1 aliphatic heterocycles. The summed E-state index contributed by atoms with van der Waals surface area (Å²) < 4.78 is 5.33. The van der Waals surface area contributed by atoms with Gasteiger partial charge in [-0.05, 0) is 31.0 Å². The summed E-state index contributed by atoms with van der Waals surface area (Å²) in [4.78, 5) is 11.5. The maximum absolute atomic E-state index is 5.33. The first-order valence-corrected chi connectivity index (χ1v) is 9.37. The lowest BCUT2D eigenvalue weighted by atomic mass is 9.99. The van der Waals surface area contributed by atoms with E-state index in [0.717, 1.165) is 37.8 Å². The van der Waals surface area contributed by atoms with Gasteiger partial charge < -0.3 is 14.6 Å². The van der Waals surface area contributed by atoms with Crippen LogP contribution in [0.5, 0.6) is 0 Å². The second kappa shape index (κ2) is 9.72. The van der Waals surface area contributed by atoms with E-state index in [-0.39, 0.29) is 24.0 Å². The summed E-state index contributed by atoms with van der Waals surface area (Å²) in [7, 11) is 0. The number of furan rings is 1. The molecule has 8 heteroatoms. The van der Waals surface area contributed by atoms with Crippen LogP contribution in [0.25, 0.3) is 11.6 Å². The van der Waals surface area contributed by atoms with Gasteiger partial charge >= 0.3 is 0 Å². The van der Waals surface area contributed by atoms with Crippen LogP contribution in [0.3, 0.4) is 0 Å². The number of H-pyrrole nitrogens is 1. The highest BCUT2D eigenvalue weighted by atomic mass is 127. The molecule has 4 rings (SSSR count). The molecule has 1 atom stereocenters. The van der Waals surface area contributed by atoms with Crippen LogP contribution in [-0.4, -0.2) is 45.7 Å². The third-order valence-electron chi connectivity index (χ3n) is 4.75. The molecule has 148 valence electrons. The Morgan fingerprint density at radius 3 is 2.89 bits per heavy atom. The summed E-state index contributed by atoms with van der Waals surface area (Å²) in [6, 6.07) is 14.4. The summed E-state index contributed by atoms with van der Waals surface area (Å²) in [5, 5.41) is 10.5. The molecule has 0 amide bonds. The van der Waals surface area contributed by atoms with Crippen LogP contribution in [0.1, 0.15) is 30.7 Å². The summed E-state index contributed by atoms with van der Waals surface area (Å²) >= 11 is 0. The van der Waals surface area contributed by atoms with Gasteiger partial charge in [-0.25, -0.2) is 9.98 Å². The lowest BCUT2D eigenvalue weighted by Crippen LogP contribution is -2.40. The van der Waals surface area contributed by atoms with E-state index in [4.69, 9.17) is 9.41 Å². The Hall–Kier alpha value is -2.36. The number of guanidine groups is 1. The molecule has 28 heavy (non-hydrogen) atoms. The van der Waals surface area contributed by atoms with Crippen molar-refractivity contribution in [1.29, 1.82) is 0 Å². The number of aliphatic imine (C=N–C) groups is 1. The molecule has 2 N–H and O–H groups in total. The Kier molecular flexibility index (Phi) is 7.07. The largest absolute Gasteiger partial charge is 0.461 e. The Bertz CT molecular complexity index is 877. The average Bonchev–Trinajstić information content (AvgIpc) is 3.47. The van der Waals surface area contributed by atoms with Gasteiger partial charge in [-0.1, -0.05) is 30.3 Å². The fourth-order valence-electron chi connectivity index (χ4n) is 3.41. The minimum atomic E-state index is 0. The standard InChI is InChI=1S/C20H24N6O.HI/c1-2-21-20(26-11-10-16(14-26)15-7-4-3-5-8-15)22-13-18-23-19(25-24-18)17-9-6-12-27-17;/h3-9,12,16H,2,10-11,13-14H2,1H3,(H,21,22)(H,23,24,25);1H. The molecule has 1 unspecified atom stereocenters. The molecule has 1 saturated heterocycles. The first-order valence-electron chi connectivity index (χ1n) is 9.37. The van der Waals surface area contributed by atoms with Crippen molar-refractivity contribution in [3.8, 4) is 11.6 Å². The van der Waals surface area contributed by atoms with E-state index in [1.54, 1.807) is 6.26 Å². The topological polar surface area (TPSA) is 82.3 Å². The molecule has 0 bridgehead atoms. The van der Waals surface area contributed by atoms with Crippen molar-refractivity contribution < 1.29 is 4.42 Å². The fourth-order valence-corrected chi connectivity index (χ4v) is 3.41. The number of nitrogens with one attached hydrogen (secondary N) is 2. The molecular weight excluding hydrogens is 467 g/mol. The van der Waals surface area contributed by atoms with Crippen LogP contribution in [0.2, 0.25) is 0 Å². The van der Waals surface area contributed by atoms with E-state index in [9.17, 15) is 0 Å². The van der Waals surface area contributed by atoms with Gasteiger partial charge in [-0.3, -0.25) is 5.10 Å². The number of hydrogen-bond donors (Lipinski definition) is 2. The summed E-state index contributed by atoms with van der Waals surface area (Å²) in [6.45, 7) is 5.34. The smallest absolute Gasteiger partial charge is 0.216 e. The maximum atomic E-state index is 5.33. The van der Waals surface area contributed by atoms with E-state index < -0.39 is 0 Å². The monoisotopic (exact) mass is 492 g/mol. The second-order valence-electron chi connectivity index (χ2n) is 6.60. The van der Waals surface area contributed by atoms with Gasteiger partial charge in [-0.15, -0.1) is 29.1 Å². The van der Waals surface area contributed by atoms with Gasteiger partial charge in [-0.2, -0.15) is 0 Å². The van der Waals surface area contributed by atoms with Crippen molar-refractivity contribution in [2.75, 3.05) is 19.6 Å². The number of hydrogen-bond acceptors (Lipinski definition) is 4. The Balaban J connectivity index is 0.00000225. The third kappa shape index (κ3) is 4.73. The molecule has 3 heterocycles. The summed E-state index contributed by atoms with van der Waals surface area (Å²) in [6.07, 6.45) is 2.75. The van der Waals surface area contributed by atoms with Gasteiger partial charge in [0.25, 0.3) is 0 Å². The zero-order valence-electron chi connectivity index (χ0n) is 15.8. The van der Waals surface area contributed by atoms with Crippen LogP contribution in [0.4, 0.5) is 0 Å². The Morgan fingerprint density at radius 2 is 2.14 bits per heavy atom. The van der Waals surface area contributed by atoms with Gasteiger partial charge in [0, 0.05) is 25.6 Å². The molecule has 1 fully saturated rings. The average molecular weight is 492 g/mol. The van der Waals surface area contributed by atoms with Gasteiger partial charge in [0.1, 0.15) is 12.4 Å². The number of likely N-dealkylation sites (tertiary alicyclic amines) is 1. The van der Waals surface area contributed by atoms with Crippen LogP contribution >= 0.6 is 24.0 Å². The number of aromatic amines is 1. The van der Waals surface area contributed by atoms with Crippen LogP contribution in [0, 0.1) is 0 Å². The van der Waals surface area contributed by atoms with E-state index in [2.05, 4.69) is 62.7 Å². The predicted octanol–water partition coefficient (Wildman–Crippen LogP) is 3.64. The van der Waals surface area contributed by atoms with E-state index in [1.807, 2.05) is 12.1 Å². The zero-order valence-corrected chi connectivity index (χ0v) is 18.2. The lowest BCUT2D eigenvalue weighted by Gasteiger charge is -2.21. The number of rotatable bonds is 5. The molecule has 0 radical (unpaired) electrons. The molecule has 1 aliphatic rings. The Labute approximate surface area is 181 Å². The van der Waals surface area contributed by atoms with E-state index >= 15 is 0 Å². The molecule has 0 aliphatic carbocycles. The highest BCUT2D eigenvalue weighted by Gasteiger charge is 2.25. The van der Waals surface area contributed by atoms with Crippen molar-refractivity contribution >= 4 is 29.9 Å².